The van der Waals surface area contributed by atoms with Crippen molar-refractivity contribution in [3.63, 3.8) is 0 Å². The lowest BCUT2D eigenvalue weighted by Crippen LogP contribution is -2.12. The van der Waals surface area contributed by atoms with Gasteiger partial charge in [0, 0.05) is 0 Å². The van der Waals surface area contributed by atoms with Gasteiger partial charge in [-0.3, -0.25) is 9.59 Å². The first-order valence-corrected chi connectivity index (χ1v) is 8.40. The number of ether oxygens (including phenoxy) is 2. The number of allylic oxidation sites excluding steroid dienone is 2. The Hall–Kier alpha value is -1.32. The van der Waals surface area contributed by atoms with Crippen LogP contribution < -0.4 is 0 Å². The third-order valence-electron chi connectivity index (χ3n) is 3.38. The maximum absolute atomic E-state index is 11.5. The minimum Gasteiger partial charge on any atom is -0.466 e. The van der Waals surface area contributed by atoms with Gasteiger partial charge in [0.05, 0.1) is 26.1 Å². The Labute approximate surface area is 135 Å². The van der Waals surface area contributed by atoms with E-state index in [1.165, 1.54) is 5.57 Å². The highest BCUT2D eigenvalue weighted by Crippen LogP contribution is 2.12. The summed E-state index contributed by atoms with van der Waals surface area (Å²) in [5.74, 6) is -0.105. The maximum atomic E-state index is 11.5. The fourth-order valence-corrected chi connectivity index (χ4v) is 1.85. The Morgan fingerprint density at radius 3 is 2.14 bits per heavy atom. The van der Waals surface area contributed by atoms with Gasteiger partial charge in [-0.1, -0.05) is 31.9 Å². The van der Waals surface area contributed by atoms with Crippen molar-refractivity contribution in [3.05, 3.63) is 11.6 Å². The summed E-state index contributed by atoms with van der Waals surface area (Å²) in [4.78, 5) is 22.9. The molecule has 1 atom stereocenters. The average Bonchev–Trinajstić information content (AvgIpc) is 2.45. The van der Waals surface area contributed by atoms with Crippen molar-refractivity contribution in [1.29, 1.82) is 0 Å². The second-order valence-electron chi connectivity index (χ2n) is 6.05. The van der Waals surface area contributed by atoms with E-state index in [1.54, 1.807) is 0 Å². The van der Waals surface area contributed by atoms with Crippen molar-refractivity contribution in [1.82, 2.24) is 0 Å². The van der Waals surface area contributed by atoms with E-state index in [0.717, 1.165) is 32.1 Å². The smallest absolute Gasteiger partial charge is 0.306 e. The van der Waals surface area contributed by atoms with Crippen LogP contribution in [0.1, 0.15) is 72.6 Å². The van der Waals surface area contributed by atoms with E-state index in [0.29, 0.717) is 19.1 Å². The predicted molar refractivity (Wildman–Crippen MR) is 88.5 cm³/mol. The van der Waals surface area contributed by atoms with Crippen molar-refractivity contribution in [3.8, 4) is 0 Å². The van der Waals surface area contributed by atoms with Gasteiger partial charge in [0.2, 0.25) is 0 Å². The van der Waals surface area contributed by atoms with Crippen molar-refractivity contribution in [2.24, 2.45) is 5.92 Å². The quantitative estimate of drug-likeness (QED) is 0.304. The average molecular weight is 312 g/mol. The molecular formula is C18H32O4. The molecule has 0 fully saturated rings. The van der Waals surface area contributed by atoms with Gasteiger partial charge in [0.1, 0.15) is 0 Å². The summed E-state index contributed by atoms with van der Waals surface area (Å²) in [5.41, 5.74) is 1.34. The molecule has 0 aliphatic carbocycles. The number of carbonyl (C=O) groups is 2. The van der Waals surface area contributed by atoms with Crippen molar-refractivity contribution < 1.29 is 19.1 Å². The molecule has 0 aromatic carbocycles. The molecule has 0 heterocycles. The van der Waals surface area contributed by atoms with Crippen LogP contribution in [0.2, 0.25) is 0 Å². The summed E-state index contributed by atoms with van der Waals surface area (Å²) in [7, 11) is 0. The highest BCUT2D eigenvalue weighted by atomic mass is 16.5. The minimum atomic E-state index is -0.319. The molecule has 0 aliphatic heterocycles. The first-order valence-electron chi connectivity index (χ1n) is 8.40. The van der Waals surface area contributed by atoms with Crippen LogP contribution in [0.4, 0.5) is 0 Å². The lowest BCUT2D eigenvalue weighted by Gasteiger charge is -2.10. The second-order valence-corrected chi connectivity index (χ2v) is 6.05. The van der Waals surface area contributed by atoms with Crippen LogP contribution in [0.15, 0.2) is 11.6 Å². The molecule has 0 saturated heterocycles. The molecule has 1 unspecified atom stereocenters. The van der Waals surface area contributed by atoms with Gasteiger partial charge in [0.25, 0.3) is 0 Å². The normalized spacial score (nSPS) is 11.6. The zero-order valence-corrected chi connectivity index (χ0v) is 14.7. The van der Waals surface area contributed by atoms with Gasteiger partial charge in [0.15, 0.2) is 0 Å². The van der Waals surface area contributed by atoms with Crippen LogP contribution in [-0.4, -0.2) is 25.2 Å². The molecule has 0 saturated carbocycles. The molecule has 4 nitrogen and oxygen atoms in total. The first-order chi connectivity index (χ1) is 10.5. The van der Waals surface area contributed by atoms with Crippen LogP contribution in [0.5, 0.6) is 0 Å². The molecule has 0 aromatic rings. The number of carbonyl (C=O) groups excluding carboxylic acids is 2. The fourth-order valence-electron chi connectivity index (χ4n) is 1.85. The maximum Gasteiger partial charge on any atom is 0.306 e. The Balaban J connectivity index is 3.60. The van der Waals surface area contributed by atoms with Crippen LogP contribution >= 0.6 is 0 Å². The SMILES string of the molecule is CCCCOC(=O)CCC(=O)OCCC(C)CCC=C(C)C. The summed E-state index contributed by atoms with van der Waals surface area (Å²) < 4.78 is 10.1. The third-order valence-corrected chi connectivity index (χ3v) is 3.38. The van der Waals surface area contributed by atoms with Gasteiger partial charge in [-0.2, -0.15) is 0 Å². The van der Waals surface area contributed by atoms with E-state index in [2.05, 4.69) is 26.8 Å². The standard InChI is InChI=1S/C18H32O4/c1-5-6-13-21-17(19)10-11-18(20)22-14-12-16(4)9-7-8-15(2)3/h8,16H,5-7,9-14H2,1-4H3. The summed E-state index contributed by atoms with van der Waals surface area (Å²) in [6.45, 7) is 9.26. The number of hydrogen-bond donors (Lipinski definition) is 0. The minimum absolute atomic E-state index is 0.108. The van der Waals surface area contributed by atoms with Crippen LogP contribution in [-0.2, 0) is 19.1 Å². The Morgan fingerprint density at radius 1 is 1.00 bits per heavy atom. The summed E-state index contributed by atoms with van der Waals surface area (Å²) in [6.07, 6.45) is 7.33. The lowest BCUT2D eigenvalue weighted by molar-refractivity contribution is -0.150. The zero-order chi connectivity index (χ0) is 16.8. The fraction of sp³-hybridized carbons (Fsp3) is 0.778. The highest BCUT2D eigenvalue weighted by Gasteiger charge is 2.09. The van der Waals surface area contributed by atoms with Crippen LogP contribution in [0, 0.1) is 5.92 Å². The molecule has 0 bridgehead atoms. The molecule has 0 radical (unpaired) electrons. The molecule has 0 aromatic heterocycles. The molecule has 0 rings (SSSR count). The highest BCUT2D eigenvalue weighted by molar-refractivity contribution is 5.77. The summed E-state index contributed by atoms with van der Waals surface area (Å²) >= 11 is 0. The van der Waals surface area contributed by atoms with E-state index in [-0.39, 0.29) is 24.8 Å². The monoisotopic (exact) mass is 312 g/mol. The number of rotatable bonds is 12. The summed E-state index contributed by atoms with van der Waals surface area (Å²) in [6, 6.07) is 0. The largest absolute Gasteiger partial charge is 0.466 e. The van der Waals surface area contributed by atoms with Gasteiger partial charge in [-0.15, -0.1) is 0 Å². The zero-order valence-electron chi connectivity index (χ0n) is 14.7. The molecule has 0 aliphatic rings. The molecule has 4 heteroatoms. The topological polar surface area (TPSA) is 52.6 Å². The third kappa shape index (κ3) is 13.7. The van der Waals surface area contributed by atoms with Gasteiger partial charge < -0.3 is 9.47 Å². The van der Waals surface area contributed by atoms with Crippen molar-refractivity contribution in [2.75, 3.05) is 13.2 Å². The first kappa shape index (κ1) is 20.7. The lowest BCUT2D eigenvalue weighted by atomic mass is 10.0. The van der Waals surface area contributed by atoms with Crippen molar-refractivity contribution >= 4 is 11.9 Å². The van der Waals surface area contributed by atoms with Crippen LogP contribution in [0.25, 0.3) is 0 Å². The second kappa shape index (κ2) is 13.4. The Kier molecular flexibility index (Phi) is 12.5. The van der Waals surface area contributed by atoms with E-state index in [1.807, 2.05) is 6.92 Å². The molecular weight excluding hydrogens is 280 g/mol. The molecule has 22 heavy (non-hydrogen) atoms. The number of hydrogen-bond acceptors (Lipinski definition) is 4. The predicted octanol–water partition coefficient (Wildman–Crippen LogP) is 4.43. The van der Waals surface area contributed by atoms with Crippen LogP contribution in [0.3, 0.4) is 0 Å². The molecule has 0 spiro atoms. The molecule has 0 amide bonds. The van der Waals surface area contributed by atoms with E-state index >= 15 is 0 Å². The van der Waals surface area contributed by atoms with E-state index in [9.17, 15) is 9.59 Å². The Bertz CT molecular complexity index is 343. The van der Waals surface area contributed by atoms with E-state index in [4.69, 9.17) is 9.47 Å². The van der Waals surface area contributed by atoms with Gasteiger partial charge in [-0.25, -0.2) is 0 Å². The van der Waals surface area contributed by atoms with Crippen molar-refractivity contribution in [2.45, 2.75) is 72.6 Å². The molecule has 0 N–H and O–H groups in total. The number of unbranched alkanes of at least 4 members (excludes halogenated alkanes) is 1. The van der Waals surface area contributed by atoms with Gasteiger partial charge in [-0.05, 0) is 45.4 Å². The number of esters is 2. The summed E-state index contributed by atoms with van der Waals surface area (Å²) in [5, 5.41) is 0. The van der Waals surface area contributed by atoms with E-state index < -0.39 is 0 Å². The molecule has 128 valence electrons. The van der Waals surface area contributed by atoms with Gasteiger partial charge >= 0.3 is 11.9 Å². The Morgan fingerprint density at radius 2 is 1.59 bits per heavy atom.